The average Bonchev–Trinajstić information content (AvgIpc) is 2.72. The van der Waals surface area contributed by atoms with Crippen LogP contribution in [0.5, 0.6) is 0 Å². The Kier molecular flexibility index (Phi) is 2.62. The summed E-state index contributed by atoms with van der Waals surface area (Å²) < 4.78 is 0. The van der Waals surface area contributed by atoms with Gasteiger partial charge in [0.15, 0.2) is 5.65 Å². The van der Waals surface area contributed by atoms with Crippen LogP contribution < -0.4 is 17.0 Å². The maximum absolute atomic E-state index is 11.5. The van der Waals surface area contributed by atoms with Gasteiger partial charge in [-0.05, 0) is 12.8 Å². The highest BCUT2D eigenvalue weighted by molar-refractivity contribution is 5.68. The molecule has 0 radical (unpaired) electrons. The lowest BCUT2D eigenvalue weighted by atomic mass is 9.93. The van der Waals surface area contributed by atoms with Crippen molar-refractivity contribution < 1.29 is 0 Å². The number of rotatable bonds is 3. The number of nitrogens with zero attached hydrogens (tertiary/aromatic N) is 1. The fourth-order valence-corrected chi connectivity index (χ4v) is 1.75. The first-order chi connectivity index (χ1) is 8.00. The first kappa shape index (κ1) is 11.6. The molecule has 0 saturated heterocycles. The summed E-state index contributed by atoms with van der Waals surface area (Å²) in [5.74, 6) is 0.518. The quantitative estimate of drug-likeness (QED) is 0.596. The first-order valence-electron chi connectivity index (χ1n) is 5.52. The van der Waals surface area contributed by atoms with Crippen LogP contribution in [0.1, 0.15) is 32.5 Å². The molecule has 2 aromatic heterocycles. The van der Waals surface area contributed by atoms with Crippen LogP contribution in [0, 0.1) is 0 Å². The molecule has 0 aliphatic carbocycles. The molecule has 0 spiro atoms. The zero-order valence-corrected chi connectivity index (χ0v) is 9.76. The monoisotopic (exact) mass is 237 g/mol. The minimum absolute atomic E-state index is 0.241. The Bertz CT molecular complexity index is 646. The van der Waals surface area contributed by atoms with Gasteiger partial charge in [0, 0.05) is 0 Å². The summed E-state index contributed by atoms with van der Waals surface area (Å²) in [5, 5.41) is 0. The standard InChI is InChI=1S/C10H15N5O2/c1-3-10(11,4-2)8-12-5-6(13-8)14-9(17)15-7(5)16/h3-4,11H2,1-2H3,(H3,12,13,14,15,16,17). The lowest BCUT2D eigenvalue weighted by Crippen LogP contribution is -2.36. The average molecular weight is 237 g/mol. The molecule has 2 aromatic rings. The van der Waals surface area contributed by atoms with Gasteiger partial charge >= 0.3 is 5.69 Å². The number of H-pyrrole nitrogens is 3. The van der Waals surface area contributed by atoms with Gasteiger partial charge in [-0.2, -0.15) is 0 Å². The molecule has 7 nitrogen and oxygen atoms in total. The molecular weight excluding hydrogens is 222 g/mol. The van der Waals surface area contributed by atoms with Crippen molar-refractivity contribution in [3.8, 4) is 0 Å². The molecule has 2 heterocycles. The maximum atomic E-state index is 11.5. The Labute approximate surface area is 96.5 Å². The first-order valence-corrected chi connectivity index (χ1v) is 5.52. The number of hydrogen-bond donors (Lipinski definition) is 4. The predicted molar refractivity (Wildman–Crippen MR) is 63.8 cm³/mol. The SMILES string of the molecule is CCC(N)(CC)c1nc2[nH]c(=O)[nH]c(=O)c2[nH]1. The maximum Gasteiger partial charge on any atom is 0.327 e. The second kappa shape index (κ2) is 3.85. The van der Waals surface area contributed by atoms with Gasteiger partial charge in [-0.25, -0.2) is 9.78 Å². The Morgan fingerprint density at radius 3 is 2.41 bits per heavy atom. The lowest BCUT2D eigenvalue weighted by Gasteiger charge is -2.23. The van der Waals surface area contributed by atoms with Crippen LogP contribution in [0.4, 0.5) is 0 Å². The second-order valence-corrected chi connectivity index (χ2v) is 4.08. The van der Waals surface area contributed by atoms with Gasteiger partial charge in [-0.15, -0.1) is 0 Å². The van der Waals surface area contributed by atoms with E-state index in [9.17, 15) is 9.59 Å². The van der Waals surface area contributed by atoms with Crippen LogP contribution in [-0.4, -0.2) is 19.9 Å². The summed E-state index contributed by atoms with van der Waals surface area (Å²) in [5.41, 5.74) is 4.99. The van der Waals surface area contributed by atoms with Crippen LogP contribution in [-0.2, 0) is 5.54 Å². The van der Waals surface area contributed by atoms with Crippen LogP contribution in [0.25, 0.3) is 11.2 Å². The molecule has 0 aliphatic heterocycles. The van der Waals surface area contributed by atoms with Crippen LogP contribution in [0.15, 0.2) is 9.59 Å². The van der Waals surface area contributed by atoms with E-state index in [0.29, 0.717) is 18.7 Å². The minimum Gasteiger partial charge on any atom is -0.335 e. The third kappa shape index (κ3) is 1.78. The summed E-state index contributed by atoms with van der Waals surface area (Å²) in [4.78, 5) is 34.3. The number of fused-ring (bicyclic) bond motifs is 1. The van der Waals surface area contributed by atoms with E-state index in [2.05, 4.69) is 19.9 Å². The molecule has 5 N–H and O–H groups in total. The molecule has 17 heavy (non-hydrogen) atoms. The lowest BCUT2D eigenvalue weighted by molar-refractivity contribution is 0.391. The third-order valence-corrected chi connectivity index (χ3v) is 3.12. The number of aromatic nitrogens is 4. The molecular formula is C10H15N5O2. The van der Waals surface area contributed by atoms with Crippen LogP contribution in [0.2, 0.25) is 0 Å². The van der Waals surface area contributed by atoms with E-state index < -0.39 is 16.8 Å². The summed E-state index contributed by atoms with van der Waals surface area (Å²) >= 11 is 0. The number of imidazole rings is 1. The van der Waals surface area contributed by atoms with Crippen molar-refractivity contribution in [2.45, 2.75) is 32.2 Å². The van der Waals surface area contributed by atoms with Crippen LogP contribution >= 0.6 is 0 Å². The van der Waals surface area contributed by atoms with E-state index in [0.717, 1.165) is 0 Å². The molecule has 0 fully saturated rings. The number of nitrogens with one attached hydrogen (secondary N) is 3. The summed E-state index contributed by atoms with van der Waals surface area (Å²) in [6.45, 7) is 3.90. The van der Waals surface area contributed by atoms with Gasteiger partial charge < -0.3 is 10.7 Å². The van der Waals surface area contributed by atoms with Crippen molar-refractivity contribution in [3.63, 3.8) is 0 Å². The molecule has 0 amide bonds. The molecule has 0 bridgehead atoms. The molecule has 0 atom stereocenters. The third-order valence-electron chi connectivity index (χ3n) is 3.12. The zero-order chi connectivity index (χ0) is 12.6. The van der Waals surface area contributed by atoms with Crippen molar-refractivity contribution in [1.29, 1.82) is 0 Å². The van der Waals surface area contributed by atoms with E-state index in [1.54, 1.807) is 0 Å². The van der Waals surface area contributed by atoms with Crippen molar-refractivity contribution in [1.82, 2.24) is 19.9 Å². The van der Waals surface area contributed by atoms with Gasteiger partial charge in [0.2, 0.25) is 0 Å². The Morgan fingerprint density at radius 1 is 1.18 bits per heavy atom. The number of aromatic amines is 3. The van der Waals surface area contributed by atoms with Gasteiger partial charge in [0.05, 0.1) is 5.54 Å². The fraction of sp³-hybridized carbons (Fsp3) is 0.500. The van der Waals surface area contributed by atoms with E-state index in [1.165, 1.54) is 0 Å². The van der Waals surface area contributed by atoms with Crippen molar-refractivity contribution in [2.75, 3.05) is 0 Å². The minimum atomic E-state index is -0.609. The van der Waals surface area contributed by atoms with Gasteiger partial charge in [0.1, 0.15) is 11.3 Å². The van der Waals surface area contributed by atoms with Crippen molar-refractivity contribution >= 4 is 11.2 Å². The molecule has 0 saturated carbocycles. The molecule has 0 aromatic carbocycles. The highest BCUT2D eigenvalue weighted by atomic mass is 16.2. The van der Waals surface area contributed by atoms with Crippen LogP contribution in [0.3, 0.4) is 0 Å². The van der Waals surface area contributed by atoms with E-state index in [4.69, 9.17) is 5.73 Å². The smallest absolute Gasteiger partial charge is 0.327 e. The zero-order valence-electron chi connectivity index (χ0n) is 9.76. The second-order valence-electron chi connectivity index (χ2n) is 4.08. The Balaban J connectivity index is 2.71. The van der Waals surface area contributed by atoms with Gasteiger partial charge in [-0.3, -0.25) is 14.8 Å². The van der Waals surface area contributed by atoms with E-state index >= 15 is 0 Å². The largest absolute Gasteiger partial charge is 0.335 e. The highest BCUT2D eigenvalue weighted by Crippen LogP contribution is 2.23. The molecule has 0 aliphatic rings. The molecule has 7 heteroatoms. The Morgan fingerprint density at radius 2 is 1.82 bits per heavy atom. The number of hydrogen-bond acceptors (Lipinski definition) is 4. The Hall–Kier alpha value is -1.89. The molecule has 0 unspecified atom stereocenters. The number of nitrogens with two attached hydrogens (primary N) is 1. The van der Waals surface area contributed by atoms with E-state index in [1.807, 2.05) is 13.8 Å². The predicted octanol–water partition coefficient (Wildman–Crippen LogP) is -0.0865. The summed E-state index contributed by atoms with van der Waals surface area (Å²) in [7, 11) is 0. The molecule has 2 rings (SSSR count). The van der Waals surface area contributed by atoms with Crippen molar-refractivity contribution in [2.24, 2.45) is 5.73 Å². The highest BCUT2D eigenvalue weighted by Gasteiger charge is 2.27. The normalized spacial score (nSPS) is 12.2. The summed E-state index contributed by atoms with van der Waals surface area (Å²) in [6.07, 6.45) is 1.37. The van der Waals surface area contributed by atoms with Crippen molar-refractivity contribution in [3.05, 3.63) is 26.7 Å². The van der Waals surface area contributed by atoms with E-state index in [-0.39, 0.29) is 11.2 Å². The van der Waals surface area contributed by atoms with Gasteiger partial charge in [-0.1, -0.05) is 13.8 Å². The fourth-order valence-electron chi connectivity index (χ4n) is 1.75. The molecule has 92 valence electrons. The summed E-state index contributed by atoms with van der Waals surface area (Å²) in [6, 6.07) is 0. The topological polar surface area (TPSA) is 120 Å². The van der Waals surface area contributed by atoms with Gasteiger partial charge in [0.25, 0.3) is 5.56 Å².